The lowest BCUT2D eigenvalue weighted by Gasteiger charge is -2.20. The third-order valence-electron chi connectivity index (χ3n) is 1.99. The van der Waals surface area contributed by atoms with Crippen molar-refractivity contribution in [2.45, 2.75) is 6.92 Å². The van der Waals surface area contributed by atoms with Crippen LogP contribution >= 0.6 is 11.8 Å². The van der Waals surface area contributed by atoms with E-state index in [1.807, 2.05) is 25.1 Å². The van der Waals surface area contributed by atoms with Crippen molar-refractivity contribution in [3.63, 3.8) is 0 Å². The lowest BCUT2D eigenvalue weighted by molar-refractivity contribution is 1.13. The van der Waals surface area contributed by atoms with Crippen molar-refractivity contribution in [1.82, 2.24) is 0 Å². The van der Waals surface area contributed by atoms with E-state index in [2.05, 4.69) is 23.0 Å². The monoisotopic (exact) mass is 204 g/mol. The van der Waals surface area contributed by atoms with Crippen LogP contribution < -0.4 is 5.32 Å². The third kappa shape index (κ3) is 1.68. The number of rotatable bonds is 1. The van der Waals surface area contributed by atoms with E-state index >= 15 is 0 Å². The van der Waals surface area contributed by atoms with E-state index in [4.69, 9.17) is 0 Å². The molecule has 3 heteroatoms. The standard InChI is InChI=1S/C11H12N2S/c1-3-12-11-13-10-7-5-4-6-9(10)8(2)14-11/h4-7H,2-3H2,1H3,(H,12,13). The zero-order valence-corrected chi connectivity index (χ0v) is 8.90. The van der Waals surface area contributed by atoms with E-state index in [0.717, 1.165) is 22.3 Å². The van der Waals surface area contributed by atoms with Gasteiger partial charge in [0, 0.05) is 22.7 Å². The van der Waals surface area contributed by atoms with Gasteiger partial charge in [0.1, 0.15) is 0 Å². The van der Waals surface area contributed by atoms with Gasteiger partial charge in [-0.25, -0.2) is 0 Å². The van der Waals surface area contributed by atoms with Crippen LogP contribution in [0.2, 0.25) is 0 Å². The molecule has 2 nitrogen and oxygen atoms in total. The Bertz CT molecular complexity index is 396. The fourth-order valence-corrected chi connectivity index (χ4v) is 2.24. The number of aliphatic imine (C=N–C) groups is 1. The Labute approximate surface area is 88.1 Å². The Morgan fingerprint density at radius 3 is 3.00 bits per heavy atom. The first kappa shape index (κ1) is 9.34. The van der Waals surface area contributed by atoms with Gasteiger partial charge in [-0.15, -0.1) is 0 Å². The Balaban J connectivity index is 2.38. The summed E-state index contributed by atoms with van der Waals surface area (Å²) in [5, 5.41) is 4.22. The van der Waals surface area contributed by atoms with E-state index in [-0.39, 0.29) is 0 Å². The molecule has 72 valence electrons. The molecule has 1 aromatic rings. The lowest BCUT2D eigenvalue weighted by atomic mass is 10.2. The largest absolute Gasteiger partial charge is 0.334 e. The van der Waals surface area contributed by atoms with Crippen LogP contribution in [-0.4, -0.2) is 11.7 Å². The minimum atomic E-state index is 0.796. The summed E-state index contributed by atoms with van der Waals surface area (Å²) in [6.45, 7) is 6.85. The van der Waals surface area contributed by atoms with Crippen LogP contribution in [0.4, 0.5) is 5.69 Å². The van der Waals surface area contributed by atoms with Crippen LogP contribution in [0.15, 0.2) is 35.8 Å². The smallest absolute Gasteiger partial charge is 0.165 e. The summed E-state index contributed by atoms with van der Waals surface area (Å²) in [4.78, 5) is 5.40. The number of amidine groups is 1. The number of benzene rings is 1. The number of hydrogen-bond acceptors (Lipinski definition) is 2. The van der Waals surface area contributed by atoms with Crippen LogP contribution in [0.3, 0.4) is 0 Å². The predicted octanol–water partition coefficient (Wildman–Crippen LogP) is 3.19. The highest BCUT2D eigenvalue weighted by Gasteiger charge is 2.16. The van der Waals surface area contributed by atoms with Gasteiger partial charge in [-0.05, 0) is 13.0 Å². The lowest BCUT2D eigenvalue weighted by Crippen LogP contribution is -2.14. The van der Waals surface area contributed by atoms with E-state index in [9.17, 15) is 0 Å². The molecular weight excluding hydrogens is 192 g/mol. The predicted molar refractivity (Wildman–Crippen MR) is 64.7 cm³/mol. The number of fused-ring (bicyclic) bond motifs is 1. The zero-order valence-electron chi connectivity index (χ0n) is 8.08. The van der Waals surface area contributed by atoms with Crippen molar-refractivity contribution in [2.75, 3.05) is 11.9 Å². The van der Waals surface area contributed by atoms with Gasteiger partial charge in [-0.3, -0.25) is 4.99 Å². The molecule has 1 aliphatic heterocycles. The zero-order chi connectivity index (χ0) is 9.97. The summed E-state index contributed by atoms with van der Waals surface area (Å²) in [6.07, 6.45) is 0. The van der Waals surface area contributed by atoms with Crippen molar-refractivity contribution in [2.24, 2.45) is 4.99 Å². The molecule has 0 aromatic heterocycles. The van der Waals surface area contributed by atoms with E-state index in [1.54, 1.807) is 11.8 Å². The molecule has 1 aliphatic rings. The fraction of sp³-hybridized carbons (Fsp3) is 0.182. The first-order chi connectivity index (χ1) is 6.81. The highest BCUT2D eigenvalue weighted by molar-refractivity contribution is 8.22. The molecule has 0 radical (unpaired) electrons. The minimum absolute atomic E-state index is 0.796. The quantitative estimate of drug-likeness (QED) is 0.759. The molecule has 1 aromatic carbocycles. The summed E-state index contributed by atoms with van der Waals surface area (Å²) in [5.41, 5.74) is 2.27. The summed E-state index contributed by atoms with van der Waals surface area (Å²) < 4.78 is 0. The van der Waals surface area contributed by atoms with Gasteiger partial charge in [0.15, 0.2) is 5.17 Å². The maximum Gasteiger partial charge on any atom is 0.165 e. The van der Waals surface area contributed by atoms with E-state index in [0.29, 0.717) is 0 Å². The molecular formula is C11H12N2S. The van der Waals surface area contributed by atoms with Crippen LogP contribution in [0.5, 0.6) is 0 Å². The second-order valence-electron chi connectivity index (χ2n) is 2.98. The second kappa shape index (κ2) is 3.88. The van der Waals surface area contributed by atoms with Gasteiger partial charge >= 0.3 is 0 Å². The molecule has 0 amide bonds. The van der Waals surface area contributed by atoms with Crippen LogP contribution in [0.1, 0.15) is 12.5 Å². The van der Waals surface area contributed by atoms with Gasteiger partial charge in [0.25, 0.3) is 0 Å². The molecule has 0 unspecified atom stereocenters. The van der Waals surface area contributed by atoms with Gasteiger partial charge in [-0.2, -0.15) is 0 Å². The number of hydrogen-bond donors (Lipinski definition) is 1. The van der Waals surface area contributed by atoms with Crippen LogP contribution in [0, 0.1) is 0 Å². The molecule has 14 heavy (non-hydrogen) atoms. The molecule has 0 fully saturated rings. The van der Waals surface area contributed by atoms with Crippen molar-refractivity contribution in [1.29, 1.82) is 0 Å². The topological polar surface area (TPSA) is 24.4 Å². The SMILES string of the molecule is C=C1SC(=NCC)Nc2ccccc21. The van der Waals surface area contributed by atoms with Crippen molar-refractivity contribution in [3.8, 4) is 0 Å². The molecule has 0 bridgehead atoms. The van der Waals surface area contributed by atoms with Crippen LogP contribution in [-0.2, 0) is 0 Å². The average Bonchev–Trinajstić information content (AvgIpc) is 2.18. The first-order valence-corrected chi connectivity index (χ1v) is 5.40. The van der Waals surface area contributed by atoms with Gasteiger partial charge in [0.05, 0.1) is 0 Å². The Kier molecular flexibility index (Phi) is 2.59. The van der Waals surface area contributed by atoms with E-state index in [1.165, 1.54) is 5.56 Å². The first-order valence-electron chi connectivity index (χ1n) is 4.59. The fourth-order valence-electron chi connectivity index (χ4n) is 1.36. The molecule has 1 heterocycles. The normalized spacial score (nSPS) is 17.8. The average molecular weight is 204 g/mol. The van der Waals surface area contributed by atoms with Crippen molar-refractivity contribution < 1.29 is 0 Å². The molecule has 0 aliphatic carbocycles. The molecule has 1 N–H and O–H groups in total. The number of anilines is 1. The van der Waals surface area contributed by atoms with Gasteiger partial charge < -0.3 is 5.32 Å². The van der Waals surface area contributed by atoms with Gasteiger partial charge in [-0.1, -0.05) is 36.5 Å². The molecule has 0 saturated carbocycles. The number of para-hydroxylation sites is 1. The summed E-state index contributed by atoms with van der Waals surface area (Å²) in [7, 11) is 0. The second-order valence-corrected chi connectivity index (χ2v) is 4.06. The Hall–Kier alpha value is -1.22. The summed E-state index contributed by atoms with van der Waals surface area (Å²) >= 11 is 1.60. The summed E-state index contributed by atoms with van der Waals surface area (Å²) in [5.74, 6) is 0. The van der Waals surface area contributed by atoms with Crippen molar-refractivity contribution >= 4 is 27.5 Å². The van der Waals surface area contributed by atoms with E-state index < -0.39 is 0 Å². The number of nitrogens with one attached hydrogen (secondary N) is 1. The number of thioether (sulfide) groups is 1. The maximum absolute atomic E-state index is 4.34. The maximum atomic E-state index is 4.34. The number of nitrogens with zero attached hydrogens (tertiary/aromatic N) is 1. The Morgan fingerprint density at radius 1 is 1.43 bits per heavy atom. The molecule has 0 saturated heterocycles. The minimum Gasteiger partial charge on any atom is -0.334 e. The molecule has 2 rings (SSSR count). The summed E-state index contributed by atoms with van der Waals surface area (Å²) in [6, 6.07) is 8.15. The highest BCUT2D eigenvalue weighted by atomic mass is 32.2. The Morgan fingerprint density at radius 2 is 2.21 bits per heavy atom. The van der Waals surface area contributed by atoms with Crippen molar-refractivity contribution in [3.05, 3.63) is 36.4 Å². The molecule has 0 atom stereocenters. The van der Waals surface area contributed by atoms with Crippen LogP contribution in [0.25, 0.3) is 4.91 Å². The molecule has 0 spiro atoms. The highest BCUT2D eigenvalue weighted by Crippen LogP contribution is 2.36. The third-order valence-corrected chi connectivity index (χ3v) is 2.88. The van der Waals surface area contributed by atoms with Gasteiger partial charge in [0.2, 0.25) is 0 Å².